The third-order valence-corrected chi connectivity index (χ3v) is 8.06. The van der Waals surface area contributed by atoms with Crippen molar-refractivity contribution < 1.29 is 23.8 Å². The van der Waals surface area contributed by atoms with E-state index in [2.05, 4.69) is 32.1 Å². The Labute approximate surface area is 252 Å². The molecule has 2 aromatic carbocycles. The molecule has 0 amide bonds. The highest BCUT2D eigenvalue weighted by Crippen LogP contribution is 2.28. The van der Waals surface area contributed by atoms with E-state index in [1.807, 2.05) is 30.3 Å². The molecule has 224 valence electrons. The van der Waals surface area contributed by atoms with Crippen LogP contribution in [0.15, 0.2) is 66.0 Å². The average molecular weight is 596 g/mol. The van der Waals surface area contributed by atoms with Crippen LogP contribution in [0.2, 0.25) is 0 Å². The molecular formula is C32H30FN7O4. The van der Waals surface area contributed by atoms with Crippen LogP contribution < -0.4 is 10.1 Å². The van der Waals surface area contributed by atoms with E-state index in [1.54, 1.807) is 18.3 Å². The SMILES string of the molecule is N#Cc1ccc(COc2cccc(C3=CCN(Cc4nc5cc(C6=NOC(O)N6)cnc5n4CC4CCO4)CC3)c2)c(F)c1. The molecule has 2 N–H and O–H groups in total. The first kappa shape index (κ1) is 28.0. The maximum atomic E-state index is 14.3. The van der Waals surface area contributed by atoms with Crippen LogP contribution in [-0.4, -0.2) is 62.6 Å². The maximum absolute atomic E-state index is 14.3. The number of rotatable bonds is 9. The van der Waals surface area contributed by atoms with Crippen molar-refractivity contribution in [3.05, 3.63) is 94.7 Å². The molecule has 1 fully saturated rings. The van der Waals surface area contributed by atoms with Crippen molar-refractivity contribution in [1.82, 2.24) is 24.8 Å². The molecule has 11 nitrogen and oxygen atoms in total. The first-order valence-corrected chi connectivity index (χ1v) is 14.5. The van der Waals surface area contributed by atoms with E-state index < -0.39 is 12.2 Å². The van der Waals surface area contributed by atoms with Gasteiger partial charge in [-0.05, 0) is 54.3 Å². The van der Waals surface area contributed by atoms with Crippen LogP contribution in [0.3, 0.4) is 0 Å². The molecule has 3 aliphatic heterocycles. The third kappa shape index (κ3) is 5.85. The summed E-state index contributed by atoms with van der Waals surface area (Å²) in [6.45, 7) is 3.81. The van der Waals surface area contributed by atoms with Gasteiger partial charge in [-0.2, -0.15) is 5.26 Å². The van der Waals surface area contributed by atoms with Crippen molar-refractivity contribution in [2.45, 2.75) is 45.1 Å². The molecule has 0 saturated carbocycles. The van der Waals surface area contributed by atoms with Gasteiger partial charge in [0, 0.05) is 37.0 Å². The summed E-state index contributed by atoms with van der Waals surface area (Å²) >= 11 is 0. The van der Waals surface area contributed by atoms with Crippen molar-refractivity contribution >= 4 is 22.6 Å². The molecule has 12 heteroatoms. The summed E-state index contributed by atoms with van der Waals surface area (Å²) in [5.41, 5.74) is 5.20. The lowest BCUT2D eigenvalue weighted by atomic mass is 9.99. The minimum atomic E-state index is -1.17. The smallest absolute Gasteiger partial charge is 0.304 e. The second-order valence-corrected chi connectivity index (χ2v) is 11.0. The van der Waals surface area contributed by atoms with Crippen LogP contribution in [0, 0.1) is 17.1 Å². The number of hydrogen-bond donors (Lipinski definition) is 2. The van der Waals surface area contributed by atoms with Crippen LogP contribution in [-0.2, 0) is 29.3 Å². The lowest BCUT2D eigenvalue weighted by Crippen LogP contribution is -2.33. The molecule has 7 rings (SSSR count). The number of benzene rings is 2. The summed E-state index contributed by atoms with van der Waals surface area (Å²) in [7, 11) is 0. The molecule has 2 unspecified atom stereocenters. The lowest BCUT2D eigenvalue weighted by molar-refractivity contribution is -0.0896. The highest BCUT2D eigenvalue weighted by Gasteiger charge is 2.25. The molecule has 2 aromatic heterocycles. The van der Waals surface area contributed by atoms with Crippen molar-refractivity contribution in [2.75, 3.05) is 19.7 Å². The van der Waals surface area contributed by atoms with E-state index in [4.69, 9.17) is 29.5 Å². The van der Waals surface area contributed by atoms with E-state index in [0.29, 0.717) is 35.8 Å². The number of halogens is 1. The predicted octanol–water partition coefficient (Wildman–Crippen LogP) is 3.66. The predicted molar refractivity (Wildman–Crippen MR) is 158 cm³/mol. The minimum Gasteiger partial charge on any atom is -0.489 e. The first-order chi connectivity index (χ1) is 21.5. The van der Waals surface area contributed by atoms with Gasteiger partial charge in [0.2, 0.25) is 0 Å². The zero-order chi connectivity index (χ0) is 30.0. The Morgan fingerprint density at radius 2 is 2.09 bits per heavy atom. The van der Waals surface area contributed by atoms with E-state index >= 15 is 0 Å². The summed E-state index contributed by atoms with van der Waals surface area (Å²) in [6, 6.07) is 16.1. The molecule has 4 aromatic rings. The van der Waals surface area contributed by atoms with Gasteiger partial charge in [-0.3, -0.25) is 4.90 Å². The molecule has 0 aliphatic carbocycles. The van der Waals surface area contributed by atoms with E-state index in [-0.39, 0.29) is 18.3 Å². The number of nitrogens with zero attached hydrogens (tertiary/aromatic N) is 6. The Morgan fingerprint density at radius 1 is 1.18 bits per heavy atom. The summed E-state index contributed by atoms with van der Waals surface area (Å²) < 4.78 is 28.1. The topological polar surface area (TPSA) is 130 Å². The molecule has 0 spiro atoms. The number of pyridine rings is 1. The van der Waals surface area contributed by atoms with Gasteiger partial charge in [-0.15, -0.1) is 0 Å². The standard InChI is InChI=1S/C32H30FN7O4/c33-27-12-20(15-34)4-5-23(27)19-43-25-3-1-2-22(13-25)21-6-9-39(10-7-21)18-29-36-28-14-24(30-37-32(41)44-38-30)16-35-31(28)40(29)17-26-8-11-42-26/h1-6,12-14,16,26,32,41H,7-11,17-19H2,(H,37,38). The second kappa shape index (κ2) is 12.0. The van der Waals surface area contributed by atoms with Crippen LogP contribution in [0.4, 0.5) is 4.39 Å². The van der Waals surface area contributed by atoms with Crippen molar-refractivity contribution in [2.24, 2.45) is 5.16 Å². The number of aliphatic hydroxyl groups excluding tert-OH is 1. The number of amidine groups is 1. The fourth-order valence-corrected chi connectivity index (χ4v) is 5.54. The number of aromatic nitrogens is 3. The summed E-state index contributed by atoms with van der Waals surface area (Å²) in [5, 5.41) is 25.2. The molecule has 2 atom stereocenters. The largest absolute Gasteiger partial charge is 0.489 e. The highest BCUT2D eigenvalue weighted by molar-refractivity contribution is 6.00. The molecular weight excluding hydrogens is 565 g/mol. The Morgan fingerprint density at radius 3 is 2.82 bits per heavy atom. The Balaban J connectivity index is 1.04. The van der Waals surface area contributed by atoms with Crippen LogP contribution in [0.5, 0.6) is 5.75 Å². The van der Waals surface area contributed by atoms with Crippen LogP contribution >= 0.6 is 0 Å². The molecule has 44 heavy (non-hydrogen) atoms. The minimum absolute atomic E-state index is 0.0808. The van der Waals surface area contributed by atoms with Gasteiger partial charge in [0.05, 0.1) is 30.8 Å². The quantitative estimate of drug-likeness (QED) is 0.298. The van der Waals surface area contributed by atoms with Crippen molar-refractivity contribution in [3.63, 3.8) is 0 Å². The van der Waals surface area contributed by atoms with E-state index in [0.717, 1.165) is 55.1 Å². The summed E-state index contributed by atoms with van der Waals surface area (Å²) in [6.07, 6.45) is 4.77. The third-order valence-electron chi connectivity index (χ3n) is 8.06. The molecule has 0 bridgehead atoms. The fourth-order valence-electron chi connectivity index (χ4n) is 5.54. The number of fused-ring (bicyclic) bond motifs is 1. The van der Waals surface area contributed by atoms with Gasteiger partial charge < -0.3 is 29.3 Å². The van der Waals surface area contributed by atoms with E-state index in [1.165, 1.54) is 11.6 Å². The van der Waals surface area contributed by atoms with Gasteiger partial charge in [-0.25, -0.2) is 14.4 Å². The van der Waals surface area contributed by atoms with Crippen molar-refractivity contribution in [1.29, 1.82) is 5.26 Å². The Bertz CT molecular complexity index is 1810. The molecule has 0 radical (unpaired) electrons. The van der Waals surface area contributed by atoms with E-state index in [9.17, 15) is 9.50 Å². The first-order valence-electron chi connectivity index (χ1n) is 14.5. The number of imidazole rings is 1. The highest BCUT2D eigenvalue weighted by atomic mass is 19.1. The number of hydrogen-bond acceptors (Lipinski definition) is 10. The Hall–Kier alpha value is -4.83. The van der Waals surface area contributed by atoms with Gasteiger partial charge in [0.1, 0.15) is 29.5 Å². The average Bonchev–Trinajstić information content (AvgIpc) is 3.61. The van der Waals surface area contributed by atoms with Gasteiger partial charge in [0.25, 0.3) is 0 Å². The van der Waals surface area contributed by atoms with Crippen LogP contribution in [0.25, 0.3) is 16.7 Å². The number of nitriles is 1. The maximum Gasteiger partial charge on any atom is 0.304 e. The molecule has 3 aliphatic rings. The molecule has 5 heterocycles. The monoisotopic (exact) mass is 595 g/mol. The Kier molecular flexibility index (Phi) is 7.66. The van der Waals surface area contributed by atoms with Gasteiger partial charge in [-0.1, -0.05) is 29.4 Å². The fraction of sp³-hybridized carbons (Fsp3) is 0.312. The number of ether oxygens (including phenoxy) is 2. The van der Waals surface area contributed by atoms with Crippen molar-refractivity contribution in [3.8, 4) is 11.8 Å². The van der Waals surface area contributed by atoms with Gasteiger partial charge >= 0.3 is 6.41 Å². The van der Waals surface area contributed by atoms with Gasteiger partial charge in [0.15, 0.2) is 11.5 Å². The number of nitrogens with one attached hydrogen (secondary N) is 1. The van der Waals surface area contributed by atoms with Crippen LogP contribution in [0.1, 0.15) is 40.9 Å². The second-order valence-electron chi connectivity index (χ2n) is 11.0. The molecule has 1 saturated heterocycles. The normalized spacial score (nSPS) is 19.8. The zero-order valence-electron chi connectivity index (χ0n) is 23.8. The zero-order valence-corrected chi connectivity index (χ0v) is 23.8. The number of aliphatic hydroxyl groups is 1. The summed E-state index contributed by atoms with van der Waals surface area (Å²) in [4.78, 5) is 16.8. The summed E-state index contributed by atoms with van der Waals surface area (Å²) in [5.74, 6) is 1.54. The number of oxime groups is 1. The lowest BCUT2D eigenvalue weighted by Gasteiger charge is -2.29.